The first-order valence-electron chi connectivity index (χ1n) is 9.35. The summed E-state index contributed by atoms with van der Waals surface area (Å²) in [5, 5.41) is 2.65. The second-order valence-electron chi connectivity index (χ2n) is 6.93. The number of carbonyl (C=O) groups excluding carboxylic acids is 2. The molecular weight excluding hydrogens is 390 g/mol. The number of rotatable bonds is 4. The molecule has 1 N–H and O–H groups in total. The van der Waals surface area contributed by atoms with Crippen LogP contribution in [0.4, 0.5) is 20.2 Å². The van der Waals surface area contributed by atoms with Crippen LogP contribution in [0, 0.1) is 11.6 Å². The number of nitrogens with zero attached hydrogens (tertiary/aromatic N) is 1. The van der Waals surface area contributed by atoms with Crippen molar-refractivity contribution in [3.8, 4) is 5.75 Å². The molecule has 152 valence electrons. The number of carbonyl (C=O) groups is 2. The number of halogens is 2. The SMILES string of the molecule is CC1Oc2ccc(NC(=O)c3ccccc3F)cc2N(Cc2ccc(F)cc2)C1=O. The van der Waals surface area contributed by atoms with E-state index in [2.05, 4.69) is 5.32 Å². The molecule has 7 heteroatoms. The van der Waals surface area contributed by atoms with Crippen LogP contribution in [0.15, 0.2) is 66.7 Å². The molecule has 0 radical (unpaired) electrons. The Morgan fingerprint density at radius 1 is 1.07 bits per heavy atom. The molecule has 0 aromatic heterocycles. The third-order valence-electron chi connectivity index (χ3n) is 4.80. The van der Waals surface area contributed by atoms with Crippen molar-refractivity contribution in [2.75, 3.05) is 10.2 Å². The van der Waals surface area contributed by atoms with Gasteiger partial charge in [-0.25, -0.2) is 8.78 Å². The van der Waals surface area contributed by atoms with E-state index in [1.807, 2.05) is 0 Å². The molecule has 0 fully saturated rings. The summed E-state index contributed by atoms with van der Waals surface area (Å²) in [5.41, 5.74) is 1.51. The number of benzene rings is 3. The van der Waals surface area contributed by atoms with Gasteiger partial charge in [-0.2, -0.15) is 0 Å². The van der Waals surface area contributed by atoms with Crippen LogP contribution in [0.25, 0.3) is 0 Å². The molecule has 0 aliphatic carbocycles. The number of nitrogens with one attached hydrogen (secondary N) is 1. The standard InChI is InChI=1S/C23H18F2N2O3/c1-14-23(29)27(13-15-6-8-16(24)9-7-15)20-12-17(10-11-21(20)30-14)26-22(28)18-4-2-3-5-19(18)25/h2-12,14H,13H2,1H3,(H,26,28). The van der Waals surface area contributed by atoms with Crippen LogP contribution >= 0.6 is 0 Å². The minimum Gasteiger partial charge on any atom is -0.479 e. The highest BCUT2D eigenvalue weighted by molar-refractivity contribution is 6.05. The third-order valence-corrected chi connectivity index (χ3v) is 4.80. The number of fused-ring (bicyclic) bond motifs is 1. The summed E-state index contributed by atoms with van der Waals surface area (Å²) in [6.45, 7) is 1.86. The Balaban J connectivity index is 1.64. The molecule has 0 bridgehead atoms. The Kier molecular flexibility index (Phi) is 5.18. The lowest BCUT2D eigenvalue weighted by molar-refractivity contribution is -0.125. The van der Waals surface area contributed by atoms with Crippen LogP contribution in [0.1, 0.15) is 22.8 Å². The van der Waals surface area contributed by atoms with Crippen LogP contribution in [-0.4, -0.2) is 17.9 Å². The van der Waals surface area contributed by atoms with E-state index in [0.29, 0.717) is 17.1 Å². The van der Waals surface area contributed by atoms with E-state index in [9.17, 15) is 18.4 Å². The lowest BCUT2D eigenvalue weighted by Crippen LogP contribution is -2.44. The van der Waals surface area contributed by atoms with Gasteiger partial charge in [0, 0.05) is 5.69 Å². The first kappa shape index (κ1) is 19.6. The number of amides is 2. The molecule has 4 rings (SSSR count). The van der Waals surface area contributed by atoms with Crippen molar-refractivity contribution in [3.05, 3.63) is 89.5 Å². The fraction of sp³-hybridized carbons (Fsp3) is 0.130. The zero-order valence-electron chi connectivity index (χ0n) is 16.1. The quantitative estimate of drug-likeness (QED) is 0.690. The second-order valence-corrected chi connectivity index (χ2v) is 6.93. The fourth-order valence-electron chi connectivity index (χ4n) is 3.26. The van der Waals surface area contributed by atoms with Crippen molar-refractivity contribution in [3.63, 3.8) is 0 Å². The predicted octanol–water partition coefficient (Wildman–Crippen LogP) is 4.53. The van der Waals surface area contributed by atoms with Gasteiger partial charge in [0.05, 0.1) is 17.8 Å². The smallest absolute Gasteiger partial charge is 0.268 e. The molecule has 0 spiro atoms. The molecule has 3 aromatic rings. The Morgan fingerprint density at radius 3 is 2.53 bits per heavy atom. The van der Waals surface area contributed by atoms with Gasteiger partial charge in [0.2, 0.25) is 0 Å². The summed E-state index contributed by atoms with van der Waals surface area (Å²) in [6, 6.07) is 16.4. The first-order chi connectivity index (χ1) is 14.4. The van der Waals surface area contributed by atoms with Crippen LogP contribution in [-0.2, 0) is 11.3 Å². The average molecular weight is 408 g/mol. The lowest BCUT2D eigenvalue weighted by atomic mass is 10.1. The van der Waals surface area contributed by atoms with E-state index in [4.69, 9.17) is 4.74 Å². The van der Waals surface area contributed by atoms with Gasteiger partial charge < -0.3 is 15.0 Å². The zero-order valence-corrected chi connectivity index (χ0v) is 16.1. The van der Waals surface area contributed by atoms with Gasteiger partial charge in [0.15, 0.2) is 6.10 Å². The minimum absolute atomic E-state index is 0.0839. The van der Waals surface area contributed by atoms with Crippen LogP contribution in [0.2, 0.25) is 0 Å². The van der Waals surface area contributed by atoms with Gasteiger partial charge in [-0.3, -0.25) is 9.59 Å². The number of hydrogen-bond donors (Lipinski definition) is 1. The second kappa shape index (κ2) is 7.94. The van der Waals surface area contributed by atoms with Gasteiger partial charge >= 0.3 is 0 Å². The Hall–Kier alpha value is -3.74. The molecule has 1 atom stereocenters. The summed E-state index contributed by atoms with van der Waals surface area (Å²) in [6.07, 6.45) is -0.684. The Bertz CT molecular complexity index is 1120. The molecule has 3 aromatic carbocycles. The van der Waals surface area contributed by atoms with Crippen LogP contribution < -0.4 is 15.0 Å². The van der Waals surface area contributed by atoms with E-state index < -0.39 is 17.8 Å². The van der Waals surface area contributed by atoms with Crippen LogP contribution in [0.3, 0.4) is 0 Å². The monoisotopic (exact) mass is 408 g/mol. The van der Waals surface area contributed by atoms with Gasteiger partial charge in [-0.1, -0.05) is 24.3 Å². The summed E-state index contributed by atoms with van der Waals surface area (Å²) < 4.78 is 32.8. The van der Waals surface area contributed by atoms with Gasteiger partial charge in [0.25, 0.3) is 11.8 Å². The average Bonchev–Trinajstić information content (AvgIpc) is 2.73. The van der Waals surface area contributed by atoms with Crippen molar-refractivity contribution in [2.24, 2.45) is 0 Å². The molecule has 1 aliphatic heterocycles. The van der Waals surface area contributed by atoms with E-state index in [-0.39, 0.29) is 23.8 Å². The summed E-state index contributed by atoms with van der Waals surface area (Å²) in [7, 11) is 0. The summed E-state index contributed by atoms with van der Waals surface area (Å²) >= 11 is 0. The Morgan fingerprint density at radius 2 is 1.80 bits per heavy atom. The first-order valence-corrected chi connectivity index (χ1v) is 9.35. The van der Waals surface area contributed by atoms with Crippen molar-refractivity contribution in [1.82, 2.24) is 0 Å². The topological polar surface area (TPSA) is 58.6 Å². The maximum absolute atomic E-state index is 13.9. The maximum Gasteiger partial charge on any atom is 0.268 e. The number of anilines is 2. The highest BCUT2D eigenvalue weighted by Gasteiger charge is 2.32. The molecule has 0 saturated carbocycles. The fourth-order valence-corrected chi connectivity index (χ4v) is 3.26. The molecule has 1 heterocycles. The van der Waals surface area contributed by atoms with Crippen molar-refractivity contribution < 1.29 is 23.1 Å². The number of ether oxygens (including phenoxy) is 1. The molecule has 5 nitrogen and oxygen atoms in total. The molecule has 2 amide bonds. The highest BCUT2D eigenvalue weighted by atomic mass is 19.1. The molecule has 1 unspecified atom stereocenters. The highest BCUT2D eigenvalue weighted by Crippen LogP contribution is 2.37. The van der Waals surface area contributed by atoms with Gasteiger partial charge in [0.1, 0.15) is 17.4 Å². The Labute approximate surface area is 171 Å². The van der Waals surface area contributed by atoms with E-state index >= 15 is 0 Å². The van der Waals surface area contributed by atoms with Gasteiger partial charge in [-0.15, -0.1) is 0 Å². The third kappa shape index (κ3) is 3.87. The number of hydrogen-bond acceptors (Lipinski definition) is 3. The largest absolute Gasteiger partial charge is 0.479 e. The molecule has 0 saturated heterocycles. The van der Waals surface area contributed by atoms with Gasteiger partial charge in [-0.05, 0) is 55.0 Å². The maximum atomic E-state index is 13.9. The van der Waals surface area contributed by atoms with Crippen molar-refractivity contribution >= 4 is 23.2 Å². The van der Waals surface area contributed by atoms with E-state index in [1.165, 1.54) is 35.2 Å². The zero-order chi connectivity index (χ0) is 21.3. The van der Waals surface area contributed by atoms with Crippen molar-refractivity contribution in [2.45, 2.75) is 19.6 Å². The summed E-state index contributed by atoms with van der Waals surface area (Å²) in [5.74, 6) is -1.37. The predicted molar refractivity (Wildman–Crippen MR) is 108 cm³/mol. The van der Waals surface area contributed by atoms with E-state index in [1.54, 1.807) is 43.3 Å². The minimum atomic E-state index is -0.684. The van der Waals surface area contributed by atoms with Crippen LogP contribution in [0.5, 0.6) is 5.75 Å². The normalized spacial score (nSPS) is 15.4. The van der Waals surface area contributed by atoms with Crippen molar-refractivity contribution in [1.29, 1.82) is 0 Å². The molecular formula is C23H18F2N2O3. The van der Waals surface area contributed by atoms with E-state index in [0.717, 1.165) is 5.56 Å². The molecule has 30 heavy (non-hydrogen) atoms. The lowest BCUT2D eigenvalue weighted by Gasteiger charge is -2.33. The summed E-state index contributed by atoms with van der Waals surface area (Å²) in [4.78, 5) is 26.7. The molecule has 1 aliphatic rings.